The van der Waals surface area contributed by atoms with Gasteiger partial charge in [-0.2, -0.15) is 13.2 Å². The maximum atomic E-state index is 12.1. The monoisotopic (exact) mass is 287 g/mol. The van der Waals surface area contributed by atoms with Crippen molar-refractivity contribution in [3.63, 3.8) is 0 Å². The van der Waals surface area contributed by atoms with Gasteiger partial charge in [0.2, 0.25) is 5.91 Å². The van der Waals surface area contributed by atoms with Crippen LogP contribution in [-0.2, 0) is 11.2 Å². The number of halogens is 3. The number of hydrogen-bond donors (Lipinski definition) is 1. The van der Waals surface area contributed by atoms with Crippen molar-refractivity contribution in [3.8, 4) is 0 Å². The van der Waals surface area contributed by atoms with Crippen LogP contribution in [0.15, 0.2) is 18.2 Å². The Bertz CT molecular complexity index is 554. The smallest absolute Gasteiger partial charge is 0.389 e. The second-order valence-corrected chi connectivity index (χ2v) is 4.56. The fraction of sp³-hybridized carbons (Fsp3) is 0.385. The van der Waals surface area contributed by atoms with Crippen molar-refractivity contribution in [1.29, 1.82) is 0 Å². The Morgan fingerprint density at radius 1 is 1.30 bits per heavy atom. The van der Waals surface area contributed by atoms with Gasteiger partial charge in [-0.25, -0.2) is 4.79 Å². The number of nitrogens with zero attached hydrogens (tertiary/aromatic N) is 1. The second-order valence-electron chi connectivity index (χ2n) is 4.56. The fourth-order valence-corrected chi connectivity index (χ4v) is 2.15. The Labute approximate surface area is 112 Å². The number of fused-ring (bicyclic) bond motifs is 1. The van der Waals surface area contributed by atoms with Crippen molar-refractivity contribution in [2.24, 2.45) is 0 Å². The van der Waals surface area contributed by atoms with E-state index >= 15 is 0 Å². The lowest BCUT2D eigenvalue weighted by atomic mass is 10.1. The molecule has 0 bridgehead atoms. The summed E-state index contributed by atoms with van der Waals surface area (Å²) in [6.45, 7) is 0.287. The summed E-state index contributed by atoms with van der Waals surface area (Å²) in [4.78, 5) is 23.9. The van der Waals surface area contributed by atoms with Gasteiger partial charge in [0.15, 0.2) is 0 Å². The van der Waals surface area contributed by atoms with Crippen LogP contribution in [0.2, 0.25) is 0 Å². The molecule has 1 amide bonds. The molecule has 1 aliphatic heterocycles. The van der Waals surface area contributed by atoms with E-state index in [0.717, 1.165) is 5.56 Å². The van der Waals surface area contributed by atoms with Crippen LogP contribution in [0, 0.1) is 0 Å². The molecule has 1 aromatic rings. The van der Waals surface area contributed by atoms with E-state index in [0.29, 0.717) is 12.1 Å². The molecule has 7 heteroatoms. The predicted molar refractivity (Wildman–Crippen MR) is 64.7 cm³/mol. The number of carbonyl (C=O) groups excluding carboxylic acids is 1. The van der Waals surface area contributed by atoms with Crippen molar-refractivity contribution in [1.82, 2.24) is 0 Å². The lowest BCUT2D eigenvalue weighted by molar-refractivity contribution is -0.143. The molecule has 0 aliphatic carbocycles. The van der Waals surface area contributed by atoms with Gasteiger partial charge in [0.25, 0.3) is 0 Å². The number of anilines is 1. The molecule has 0 saturated carbocycles. The van der Waals surface area contributed by atoms with Gasteiger partial charge >= 0.3 is 12.1 Å². The highest BCUT2D eigenvalue weighted by Crippen LogP contribution is 2.31. The standard InChI is InChI=1S/C13H12F3NO3/c14-13(15,16)5-3-11(18)17-6-4-8-1-2-9(12(19)20)7-10(8)17/h1-2,7H,3-6H2,(H,19,20). The largest absolute Gasteiger partial charge is 0.478 e. The number of amides is 1. The zero-order valence-corrected chi connectivity index (χ0v) is 10.4. The van der Waals surface area contributed by atoms with Crippen LogP contribution < -0.4 is 4.90 Å². The van der Waals surface area contributed by atoms with E-state index in [4.69, 9.17) is 5.11 Å². The van der Waals surface area contributed by atoms with Gasteiger partial charge in [-0.15, -0.1) is 0 Å². The predicted octanol–water partition coefficient (Wildman–Crippen LogP) is 2.62. The van der Waals surface area contributed by atoms with Crippen molar-refractivity contribution < 1.29 is 27.9 Å². The Hall–Kier alpha value is -2.05. The lowest BCUT2D eigenvalue weighted by Crippen LogP contribution is -2.30. The summed E-state index contributed by atoms with van der Waals surface area (Å²) in [6.07, 6.45) is -5.65. The molecular formula is C13H12F3NO3. The van der Waals surface area contributed by atoms with E-state index in [9.17, 15) is 22.8 Å². The summed E-state index contributed by atoms with van der Waals surface area (Å²) in [7, 11) is 0. The van der Waals surface area contributed by atoms with E-state index in [1.54, 1.807) is 6.07 Å². The normalized spacial score (nSPS) is 14.2. The van der Waals surface area contributed by atoms with Crippen molar-refractivity contribution in [2.75, 3.05) is 11.4 Å². The minimum absolute atomic E-state index is 0.0132. The van der Waals surface area contributed by atoms with Crippen LogP contribution in [-0.4, -0.2) is 29.7 Å². The number of benzene rings is 1. The number of carbonyl (C=O) groups is 2. The Morgan fingerprint density at radius 2 is 2.00 bits per heavy atom. The Kier molecular flexibility index (Phi) is 3.69. The van der Waals surface area contributed by atoms with Gasteiger partial charge in [0, 0.05) is 18.7 Å². The zero-order chi connectivity index (χ0) is 14.9. The average molecular weight is 287 g/mol. The third kappa shape index (κ3) is 3.09. The third-order valence-electron chi connectivity index (χ3n) is 3.15. The van der Waals surface area contributed by atoms with Gasteiger partial charge < -0.3 is 10.0 Å². The molecule has 108 valence electrons. The Balaban J connectivity index is 2.16. The fourth-order valence-electron chi connectivity index (χ4n) is 2.15. The van der Waals surface area contributed by atoms with Crippen LogP contribution in [0.1, 0.15) is 28.8 Å². The topological polar surface area (TPSA) is 57.6 Å². The minimum atomic E-state index is -4.37. The van der Waals surface area contributed by atoms with E-state index < -0.39 is 30.9 Å². The quantitative estimate of drug-likeness (QED) is 0.929. The van der Waals surface area contributed by atoms with E-state index in [1.165, 1.54) is 17.0 Å². The molecule has 0 saturated heterocycles. The van der Waals surface area contributed by atoms with E-state index in [1.807, 2.05) is 0 Å². The zero-order valence-electron chi connectivity index (χ0n) is 10.4. The summed E-state index contributed by atoms with van der Waals surface area (Å²) in [5.41, 5.74) is 1.19. The molecule has 0 radical (unpaired) electrons. The molecule has 1 heterocycles. The highest BCUT2D eigenvalue weighted by molar-refractivity contribution is 5.97. The van der Waals surface area contributed by atoms with Crippen LogP contribution in [0.25, 0.3) is 0 Å². The summed E-state index contributed by atoms with van der Waals surface area (Å²) >= 11 is 0. The molecular weight excluding hydrogens is 275 g/mol. The molecule has 20 heavy (non-hydrogen) atoms. The van der Waals surface area contributed by atoms with Gasteiger partial charge in [-0.05, 0) is 24.1 Å². The summed E-state index contributed by atoms with van der Waals surface area (Å²) < 4.78 is 36.4. The molecule has 1 aliphatic rings. The van der Waals surface area contributed by atoms with Gasteiger partial charge in [-0.3, -0.25) is 4.79 Å². The number of hydrogen-bond acceptors (Lipinski definition) is 2. The highest BCUT2D eigenvalue weighted by Gasteiger charge is 2.31. The average Bonchev–Trinajstić information content (AvgIpc) is 2.77. The number of rotatable bonds is 3. The van der Waals surface area contributed by atoms with Gasteiger partial charge in [-0.1, -0.05) is 6.07 Å². The van der Waals surface area contributed by atoms with Gasteiger partial charge in [0.1, 0.15) is 0 Å². The third-order valence-corrected chi connectivity index (χ3v) is 3.15. The van der Waals surface area contributed by atoms with Gasteiger partial charge in [0.05, 0.1) is 12.0 Å². The second kappa shape index (κ2) is 5.15. The lowest BCUT2D eigenvalue weighted by Gasteiger charge is -2.18. The maximum absolute atomic E-state index is 12.1. The summed E-state index contributed by atoms with van der Waals surface area (Å²) in [6, 6.07) is 4.34. The summed E-state index contributed by atoms with van der Waals surface area (Å²) in [5, 5.41) is 8.90. The number of carboxylic acids is 1. The molecule has 1 N–H and O–H groups in total. The van der Waals surface area contributed by atoms with Crippen molar-refractivity contribution >= 4 is 17.6 Å². The molecule has 4 nitrogen and oxygen atoms in total. The van der Waals surface area contributed by atoms with Crippen LogP contribution in [0.5, 0.6) is 0 Å². The first kappa shape index (κ1) is 14.4. The van der Waals surface area contributed by atoms with E-state index in [2.05, 4.69) is 0 Å². The van der Waals surface area contributed by atoms with Crippen LogP contribution in [0.4, 0.5) is 18.9 Å². The first-order valence-corrected chi connectivity index (χ1v) is 6.01. The SMILES string of the molecule is O=C(O)c1ccc2c(c1)N(C(=O)CCC(F)(F)F)CC2. The molecule has 2 rings (SSSR count). The molecule has 0 unspecified atom stereocenters. The molecule has 0 atom stereocenters. The van der Waals surface area contributed by atoms with Crippen molar-refractivity contribution in [2.45, 2.75) is 25.4 Å². The van der Waals surface area contributed by atoms with Crippen LogP contribution in [0.3, 0.4) is 0 Å². The Morgan fingerprint density at radius 3 is 2.60 bits per heavy atom. The minimum Gasteiger partial charge on any atom is -0.478 e. The van der Waals surface area contributed by atoms with Crippen LogP contribution >= 0.6 is 0 Å². The van der Waals surface area contributed by atoms with Crippen molar-refractivity contribution in [3.05, 3.63) is 29.3 Å². The molecule has 1 aromatic carbocycles. The summed E-state index contributed by atoms with van der Waals surface area (Å²) in [5.74, 6) is -1.77. The first-order valence-electron chi connectivity index (χ1n) is 6.01. The highest BCUT2D eigenvalue weighted by atomic mass is 19.4. The molecule has 0 spiro atoms. The number of aromatic carboxylic acids is 1. The maximum Gasteiger partial charge on any atom is 0.389 e. The number of alkyl halides is 3. The molecule has 0 fully saturated rings. The molecule has 0 aromatic heterocycles. The van der Waals surface area contributed by atoms with E-state index in [-0.39, 0.29) is 12.1 Å². The number of carboxylic acid groups (broad SMARTS) is 1. The first-order chi connectivity index (χ1) is 9.28.